The number of nitrogens with one attached hydrogen (secondary N) is 1. The maximum atomic E-state index is 12.6. The lowest BCUT2D eigenvalue weighted by Gasteiger charge is -2.09. The summed E-state index contributed by atoms with van der Waals surface area (Å²) < 4.78 is 39.3. The van der Waals surface area contributed by atoms with Crippen LogP contribution in [0.3, 0.4) is 0 Å². The Morgan fingerprint density at radius 1 is 1.35 bits per heavy atom. The second-order valence-corrected chi connectivity index (χ2v) is 4.15. The average molecular weight is 286 g/mol. The lowest BCUT2D eigenvalue weighted by Crippen LogP contribution is -2.14. The van der Waals surface area contributed by atoms with Crippen LogP contribution in [0.5, 0.6) is 0 Å². The van der Waals surface area contributed by atoms with Crippen molar-refractivity contribution < 1.29 is 13.2 Å². The first kappa shape index (κ1) is 14.1. The standard InChI is InChI=1S/C11H13F3N6/c1-20-5-3-7(19-20)2-4-16-9-6-8(11(12,13)14)17-10(15)18-9/h3,5-6H,2,4H2,1H3,(H3,15,16,17,18). The number of nitrogens with zero attached hydrogens (tertiary/aromatic N) is 4. The van der Waals surface area contributed by atoms with Crippen LogP contribution in [0.25, 0.3) is 0 Å². The summed E-state index contributed by atoms with van der Waals surface area (Å²) in [7, 11) is 1.79. The van der Waals surface area contributed by atoms with Crippen molar-refractivity contribution in [3.05, 3.63) is 29.7 Å². The van der Waals surface area contributed by atoms with Crippen LogP contribution in [0.2, 0.25) is 0 Å². The molecule has 0 aliphatic heterocycles. The molecular weight excluding hydrogens is 273 g/mol. The molecule has 2 rings (SSSR count). The third-order valence-electron chi connectivity index (χ3n) is 2.49. The van der Waals surface area contributed by atoms with Crippen molar-refractivity contribution >= 4 is 11.8 Å². The van der Waals surface area contributed by atoms with Crippen molar-refractivity contribution in [1.82, 2.24) is 19.7 Å². The van der Waals surface area contributed by atoms with Crippen LogP contribution in [0.4, 0.5) is 24.9 Å². The fourth-order valence-electron chi connectivity index (χ4n) is 1.62. The molecule has 108 valence electrons. The van der Waals surface area contributed by atoms with Crippen molar-refractivity contribution in [3.8, 4) is 0 Å². The molecule has 0 aliphatic carbocycles. The molecule has 9 heteroatoms. The quantitative estimate of drug-likeness (QED) is 0.889. The molecule has 0 saturated carbocycles. The largest absolute Gasteiger partial charge is 0.433 e. The molecule has 0 bridgehead atoms. The monoisotopic (exact) mass is 286 g/mol. The highest BCUT2D eigenvalue weighted by atomic mass is 19.4. The summed E-state index contributed by atoms with van der Waals surface area (Å²) in [6.07, 6.45) is -2.19. The third-order valence-corrected chi connectivity index (χ3v) is 2.49. The minimum absolute atomic E-state index is 0.0424. The molecule has 0 aromatic carbocycles. The number of nitrogens with two attached hydrogens (primary N) is 1. The highest BCUT2D eigenvalue weighted by Gasteiger charge is 2.33. The van der Waals surface area contributed by atoms with E-state index >= 15 is 0 Å². The van der Waals surface area contributed by atoms with Gasteiger partial charge in [0.1, 0.15) is 5.82 Å². The summed E-state index contributed by atoms with van der Waals surface area (Å²) in [5.74, 6) is -0.374. The second-order valence-electron chi connectivity index (χ2n) is 4.15. The van der Waals surface area contributed by atoms with Crippen molar-refractivity contribution in [1.29, 1.82) is 0 Å². The highest BCUT2D eigenvalue weighted by Crippen LogP contribution is 2.29. The molecule has 0 aliphatic rings. The number of aryl methyl sites for hydroxylation is 1. The van der Waals surface area contributed by atoms with Gasteiger partial charge < -0.3 is 11.1 Å². The predicted octanol–water partition coefficient (Wildman–Crippen LogP) is 1.47. The van der Waals surface area contributed by atoms with Gasteiger partial charge in [-0.05, 0) is 6.07 Å². The lowest BCUT2D eigenvalue weighted by molar-refractivity contribution is -0.141. The zero-order valence-electron chi connectivity index (χ0n) is 10.6. The first-order chi connectivity index (χ1) is 9.34. The summed E-state index contributed by atoms with van der Waals surface area (Å²) in [4.78, 5) is 6.87. The third kappa shape index (κ3) is 3.59. The molecule has 0 atom stereocenters. The molecular formula is C11H13F3N6. The number of rotatable bonds is 4. The Labute approximate surface area is 112 Å². The number of aromatic nitrogens is 4. The fourth-order valence-corrected chi connectivity index (χ4v) is 1.62. The molecule has 0 amide bonds. The molecule has 3 N–H and O–H groups in total. The van der Waals surface area contributed by atoms with Crippen molar-refractivity contribution in [2.45, 2.75) is 12.6 Å². The number of hydrogen-bond donors (Lipinski definition) is 2. The zero-order chi connectivity index (χ0) is 14.8. The Morgan fingerprint density at radius 2 is 2.10 bits per heavy atom. The van der Waals surface area contributed by atoms with E-state index in [9.17, 15) is 13.2 Å². The molecule has 0 fully saturated rings. The lowest BCUT2D eigenvalue weighted by atomic mass is 10.3. The molecule has 0 saturated heterocycles. The predicted molar refractivity (Wildman–Crippen MR) is 66.8 cm³/mol. The van der Waals surface area contributed by atoms with Crippen molar-refractivity contribution in [2.24, 2.45) is 7.05 Å². The summed E-state index contributed by atoms with van der Waals surface area (Å²) in [6.45, 7) is 0.394. The molecule has 2 heterocycles. The molecule has 2 aromatic heterocycles. The highest BCUT2D eigenvalue weighted by molar-refractivity contribution is 5.41. The summed E-state index contributed by atoms with van der Waals surface area (Å²) in [5.41, 5.74) is 5.03. The van der Waals surface area contributed by atoms with Crippen LogP contribution in [-0.4, -0.2) is 26.3 Å². The molecule has 2 aromatic rings. The number of anilines is 2. The van der Waals surface area contributed by atoms with Gasteiger partial charge in [0, 0.05) is 32.3 Å². The minimum atomic E-state index is -4.55. The van der Waals surface area contributed by atoms with Gasteiger partial charge in [0.25, 0.3) is 0 Å². The fraction of sp³-hybridized carbons (Fsp3) is 0.364. The smallest absolute Gasteiger partial charge is 0.370 e. The van der Waals surface area contributed by atoms with E-state index in [2.05, 4.69) is 20.4 Å². The number of halogens is 3. The number of hydrogen-bond acceptors (Lipinski definition) is 5. The van der Waals surface area contributed by atoms with E-state index in [4.69, 9.17) is 5.73 Å². The van der Waals surface area contributed by atoms with E-state index in [1.165, 1.54) is 0 Å². The van der Waals surface area contributed by atoms with Gasteiger partial charge in [-0.15, -0.1) is 0 Å². The summed E-state index contributed by atoms with van der Waals surface area (Å²) in [6, 6.07) is 2.66. The normalized spacial score (nSPS) is 11.6. The van der Waals surface area contributed by atoms with Gasteiger partial charge in [-0.1, -0.05) is 0 Å². The van der Waals surface area contributed by atoms with Crippen LogP contribution >= 0.6 is 0 Å². The van der Waals surface area contributed by atoms with Gasteiger partial charge in [0.05, 0.1) is 5.69 Å². The Bertz CT molecular complexity index is 592. The van der Waals surface area contributed by atoms with E-state index in [1.807, 2.05) is 6.07 Å². The van der Waals surface area contributed by atoms with Crippen LogP contribution in [0.1, 0.15) is 11.4 Å². The van der Waals surface area contributed by atoms with Crippen LogP contribution < -0.4 is 11.1 Å². The molecule has 20 heavy (non-hydrogen) atoms. The molecule has 0 unspecified atom stereocenters. The molecule has 6 nitrogen and oxygen atoms in total. The van der Waals surface area contributed by atoms with Gasteiger partial charge in [0.15, 0.2) is 5.69 Å². The Morgan fingerprint density at radius 3 is 2.70 bits per heavy atom. The molecule has 0 spiro atoms. The van der Waals surface area contributed by atoms with Gasteiger partial charge in [-0.25, -0.2) is 4.98 Å². The maximum Gasteiger partial charge on any atom is 0.433 e. The number of alkyl halides is 3. The van der Waals surface area contributed by atoms with Crippen molar-refractivity contribution in [3.63, 3.8) is 0 Å². The zero-order valence-corrected chi connectivity index (χ0v) is 10.6. The second kappa shape index (κ2) is 5.35. The first-order valence-corrected chi connectivity index (χ1v) is 5.79. The minimum Gasteiger partial charge on any atom is -0.370 e. The van der Waals surface area contributed by atoms with Crippen molar-refractivity contribution in [2.75, 3.05) is 17.6 Å². The maximum absolute atomic E-state index is 12.6. The van der Waals surface area contributed by atoms with Crippen LogP contribution in [-0.2, 0) is 19.6 Å². The Kier molecular flexibility index (Phi) is 3.77. The van der Waals surface area contributed by atoms with E-state index in [1.54, 1.807) is 17.9 Å². The van der Waals surface area contributed by atoms with E-state index in [0.29, 0.717) is 13.0 Å². The summed E-state index contributed by atoms with van der Waals surface area (Å²) >= 11 is 0. The SMILES string of the molecule is Cn1ccc(CCNc2cc(C(F)(F)F)nc(N)n2)n1. The van der Waals surface area contributed by atoms with Gasteiger partial charge in [-0.3, -0.25) is 4.68 Å². The van der Waals surface area contributed by atoms with E-state index in [-0.39, 0.29) is 5.82 Å². The van der Waals surface area contributed by atoms with E-state index in [0.717, 1.165) is 11.8 Å². The topological polar surface area (TPSA) is 81.7 Å². The number of nitrogen functional groups attached to an aromatic ring is 1. The molecule has 0 radical (unpaired) electrons. The summed E-state index contributed by atoms with van der Waals surface area (Å²) in [5, 5.41) is 6.93. The Hall–Kier alpha value is -2.32. The average Bonchev–Trinajstić information content (AvgIpc) is 2.73. The van der Waals surface area contributed by atoms with Crippen LogP contribution in [0, 0.1) is 0 Å². The van der Waals surface area contributed by atoms with Gasteiger partial charge in [-0.2, -0.15) is 23.3 Å². The van der Waals surface area contributed by atoms with Gasteiger partial charge in [0.2, 0.25) is 5.95 Å². The Balaban J connectivity index is 2.00. The van der Waals surface area contributed by atoms with Crippen LogP contribution in [0.15, 0.2) is 18.3 Å². The van der Waals surface area contributed by atoms with Gasteiger partial charge >= 0.3 is 6.18 Å². The first-order valence-electron chi connectivity index (χ1n) is 5.79. The van der Waals surface area contributed by atoms with E-state index < -0.39 is 17.8 Å².